The normalized spacial score (nSPS) is 33.1. The van der Waals surface area contributed by atoms with Crippen molar-refractivity contribution >= 4 is 6.03 Å². The summed E-state index contributed by atoms with van der Waals surface area (Å²) in [7, 11) is 0. The van der Waals surface area contributed by atoms with Gasteiger partial charge in [-0.1, -0.05) is 26.2 Å². The Kier molecular flexibility index (Phi) is 3.38. The lowest BCUT2D eigenvalue weighted by atomic mass is 9.89. The molecule has 0 aromatic rings. The van der Waals surface area contributed by atoms with Crippen LogP contribution in [0.25, 0.3) is 0 Å². The van der Waals surface area contributed by atoms with Crippen molar-refractivity contribution in [1.82, 2.24) is 10.2 Å². The molecule has 0 spiro atoms. The molecule has 2 unspecified atom stereocenters. The number of primary amides is 1. The molecule has 2 rings (SSSR count). The summed E-state index contributed by atoms with van der Waals surface area (Å²) in [5.74, 6) is 0. The maximum absolute atomic E-state index is 11.6. The van der Waals surface area contributed by atoms with Crippen LogP contribution in [0, 0.1) is 0 Å². The number of nitrogens with zero attached hydrogens (tertiary/aromatic N) is 1. The molecule has 16 heavy (non-hydrogen) atoms. The van der Waals surface area contributed by atoms with Crippen LogP contribution < -0.4 is 11.1 Å². The Balaban J connectivity index is 2.06. The van der Waals surface area contributed by atoms with Crippen LogP contribution in [0.4, 0.5) is 4.79 Å². The summed E-state index contributed by atoms with van der Waals surface area (Å²) in [6, 6.07) is 0.119. The van der Waals surface area contributed by atoms with Crippen molar-refractivity contribution in [2.24, 2.45) is 5.73 Å². The summed E-state index contributed by atoms with van der Waals surface area (Å²) in [5, 5.41) is 3.45. The quantitative estimate of drug-likeness (QED) is 0.711. The Labute approximate surface area is 97.6 Å². The van der Waals surface area contributed by atoms with Gasteiger partial charge in [-0.2, -0.15) is 0 Å². The van der Waals surface area contributed by atoms with E-state index in [4.69, 9.17) is 5.73 Å². The summed E-state index contributed by atoms with van der Waals surface area (Å²) in [6.07, 6.45) is 7.02. The third-order valence-electron chi connectivity index (χ3n) is 4.14. The molecule has 3 N–H and O–H groups in total. The number of carbonyl (C=O) groups excluding carboxylic acids is 1. The molecule has 2 aliphatic heterocycles. The number of nitrogens with two attached hydrogens (primary N) is 1. The molecule has 2 bridgehead atoms. The molecule has 0 saturated carbocycles. The van der Waals surface area contributed by atoms with E-state index < -0.39 is 0 Å². The van der Waals surface area contributed by atoms with Gasteiger partial charge in [0.1, 0.15) is 0 Å². The molecule has 2 amide bonds. The van der Waals surface area contributed by atoms with Gasteiger partial charge < -0.3 is 16.0 Å². The molecule has 2 saturated heterocycles. The molecule has 92 valence electrons. The summed E-state index contributed by atoms with van der Waals surface area (Å²) in [4.78, 5) is 13.5. The minimum Gasteiger partial charge on any atom is -0.351 e. The summed E-state index contributed by atoms with van der Waals surface area (Å²) in [6.45, 7) is 4.05. The zero-order valence-corrected chi connectivity index (χ0v) is 10.2. The highest BCUT2D eigenvalue weighted by molar-refractivity contribution is 5.74. The topological polar surface area (TPSA) is 58.4 Å². The molecule has 0 radical (unpaired) electrons. The van der Waals surface area contributed by atoms with E-state index in [1.165, 1.54) is 19.3 Å². The number of hydrogen-bond acceptors (Lipinski definition) is 2. The Morgan fingerprint density at radius 1 is 1.56 bits per heavy atom. The van der Waals surface area contributed by atoms with E-state index >= 15 is 0 Å². The molecule has 4 nitrogen and oxygen atoms in total. The Hall–Kier alpha value is -0.770. The number of carbonyl (C=O) groups is 1. The number of fused-ring (bicyclic) bond motifs is 2. The summed E-state index contributed by atoms with van der Waals surface area (Å²) >= 11 is 0. The maximum Gasteiger partial charge on any atom is 0.315 e. The second-order valence-electron chi connectivity index (χ2n) is 5.21. The summed E-state index contributed by atoms with van der Waals surface area (Å²) in [5.41, 5.74) is 5.57. The van der Waals surface area contributed by atoms with E-state index in [1.54, 1.807) is 0 Å². The molecule has 2 fully saturated rings. The van der Waals surface area contributed by atoms with Crippen molar-refractivity contribution in [2.45, 2.75) is 57.0 Å². The fourth-order valence-electron chi connectivity index (χ4n) is 3.36. The van der Waals surface area contributed by atoms with Crippen LogP contribution in [0.5, 0.6) is 0 Å². The second kappa shape index (κ2) is 4.62. The molecular weight excluding hydrogens is 202 g/mol. The third-order valence-corrected chi connectivity index (χ3v) is 4.14. The minimum atomic E-state index is -0.222. The smallest absolute Gasteiger partial charge is 0.315 e. The number of rotatable bonds is 4. The van der Waals surface area contributed by atoms with Crippen LogP contribution in [0.1, 0.15) is 45.4 Å². The lowest BCUT2D eigenvalue weighted by molar-refractivity contribution is 0.0920. The lowest BCUT2D eigenvalue weighted by Crippen LogP contribution is -2.63. The van der Waals surface area contributed by atoms with Crippen LogP contribution in [-0.2, 0) is 0 Å². The predicted octanol–water partition coefficient (Wildman–Crippen LogP) is 1.45. The van der Waals surface area contributed by atoms with Gasteiger partial charge in [-0.15, -0.1) is 0 Å². The highest BCUT2D eigenvalue weighted by atomic mass is 16.2. The Bertz CT molecular complexity index is 265. The van der Waals surface area contributed by atoms with Crippen LogP contribution >= 0.6 is 0 Å². The van der Waals surface area contributed by atoms with E-state index in [0.29, 0.717) is 6.04 Å². The molecule has 4 heteroatoms. The highest BCUT2D eigenvalue weighted by Gasteiger charge is 2.49. The van der Waals surface area contributed by atoms with Gasteiger partial charge in [0.2, 0.25) is 0 Å². The molecule has 2 aliphatic rings. The van der Waals surface area contributed by atoms with E-state index in [1.807, 2.05) is 4.90 Å². The van der Waals surface area contributed by atoms with Crippen molar-refractivity contribution < 1.29 is 4.79 Å². The molecular formula is C12H23N3O. The predicted molar refractivity (Wildman–Crippen MR) is 64.2 cm³/mol. The van der Waals surface area contributed by atoms with Crippen LogP contribution in [-0.4, -0.2) is 35.6 Å². The summed E-state index contributed by atoms with van der Waals surface area (Å²) < 4.78 is 0. The molecule has 0 aromatic heterocycles. The van der Waals surface area contributed by atoms with Gasteiger partial charge in [0, 0.05) is 19.1 Å². The molecule has 2 atom stereocenters. The zero-order chi connectivity index (χ0) is 11.6. The Morgan fingerprint density at radius 3 is 3.06 bits per heavy atom. The van der Waals surface area contributed by atoms with Crippen molar-refractivity contribution in [3.63, 3.8) is 0 Å². The van der Waals surface area contributed by atoms with Crippen LogP contribution in [0.15, 0.2) is 0 Å². The first-order valence-corrected chi connectivity index (χ1v) is 6.49. The van der Waals surface area contributed by atoms with Gasteiger partial charge in [0.05, 0.1) is 5.54 Å². The molecule has 0 aliphatic carbocycles. The van der Waals surface area contributed by atoms with E-state index in [0.717, 1.165) is 32.4 Å². The largest absolute Gasteiger partial charge is 0.351 e. The number of hydrogen-bond donors (Lipinski definition) is 2. The minimum absolute atomic E-state index is 0.0317. The monoisotopic (exact) mass is 225 g/mol. The highest BCUT2D eigenvalue weighted by Crippen LogP contribution is 2.39. The fraction of sp³-hybridized carbons (Fsp3) is 0.917. The van der Waals surface area contributed by atoms with E-state index in [9.17, 15) is 4.79 Å². The SMILES string of the molecule is CCCCCC12CCC(CNC1)N2C(N)=O. The maximum atomic E-state index is 11.6. The van der Waals surface area contributed by atoms with E-state index in [-0.39, 0.29) is 11.6 Å². The zero-order valence-electron chi connectivity index (χ0n) is 10.2. The van der Waals surface area contributed by atoms with Gasteiger partial charge in [-0.3, -0.25) is 0 Å². The van der Waals surface area contributed by atoms with Gasteiger partial charge in [0.25, 0.3) is 0 Å². The first-order chi connectivity index (χ1) is 7.69. The van der Waals surface area contributed by atoms with Crippen molar-refractivity contribution in [2.75, 3.05) is 13.1 Å². The van der Waals surface area contributed by atoms with Gasteiger partial charge >= 0.3 is 6.03 Å². The number of unbranched alkanes of at least 4 members (excludes halogenated alkanes) is 2. The van der Waals surface area contributed by atoms with Crippen molar-refractivity contribution in [3.05, 3.63) is 0 Å². The average molecular weight is 225 g/mol. The number of piperazine rings is 1. The van der Waals surface area contributed by atoms with Crippen LogP contribution in [0.2, 0.25) is 0 Å². The van der Waals surface area contributed by atoms with Crippen molar-refractivity contribution in [1.29, 1.82) is 0 Å². The van der Waals surface area contributed by atoms with Gasteiger partial charge in [-0.05, 0) is 19.3 Å². The third kappa shape index (κ3) is 1.90. The fourth-order valence-corrected chi connectivity index (χ4v) is 3.36. The standard InChI is InChI=1S/C12H23N3O/c1-2-3-4-6-12-7-5-10(8-14-9-12)15(12)11(13)16/h10,14H,2-9H2,1H3,(H2,13,16). The Morgan fingerprint density at radius 2 is 2.38 bits per heavy atom. The number of nitrogens with one attached hydrogen (secondary N) is 1. The van der Waals surface area contributed by atoms with Crippen LogP contribution in [0.3, 0.4) is 0 Å². The van der Waals surface area contributed by atoms with E-state index in [2.05, 4.69) is 12.2 Å². The average Bonchev–Trinajstić information content (AvgIpc) is 2.47. The van der Waals surface area contributed by atoms with Crippen molar-refractivity contribution in [3.8, 4) is 0 Å². The molecule has 0 aromatic carbocycles. The molecule has 2 heterocycles. The second-order valence-corrected chi connectivity index (χ2v) is 5.21. The lowest BCUT2D eigenvalue weighted by Gasteiger charge is -2.44. The first kappa shape index (κ1) is 11.7. The van der Waals surface area contributed by atoms with Gasteiger partial charge in [0.15, 0.2) is 0 Å². The first-order valence-electron chi connectivity index (χ1n) is 6.49. The number of urea groups is 1. The van der Waals surface area contributed by atoms with Gasteiger partial charge in [-0.25, -0.2) is 4.79 Å². The number of amides is 2.